The summed E-state index contributed by atoms with van der Waals surface area (Å²) >= 11 is 0. The molecule has 0 radical (unpaired) electrons. The molecular formula is C22H25F2N5O4S. The number of ether oxygens (including phenoxy) is 1. The van der Waals surface area contributed by atoms with E-state index in [1.54, 1.807) is 18.3 Å². The Morgan fingerprint density at radius 2 is 2.09 bits per heavy atom. The number of imidazole rings is 1. The van der Waals surface area contributed by atoms with Crippen molar-refractivity contribution in [3.05, 3.63) is 65.6 Å². The Hall–Kier alpha value is -3.09. The zero-order chi connectivity index (χ0) is 24.5. The number of benzene rings is 1. The quantitative estimate of drug-likeness (QED) is 0.518. The van der Waals surface area contributed by atoms with Crippen LogP contribution in [0.2, 0.25) is 0 Å². The first kappa shape index (κ1) is 24.0. The molecule has 1 aromatic carbocycles. The summed E-state index contributed by atoms with van der Waals surface area (Å²) < 4.78 is 62.5. The monoisotopic (exact) mass is 493 g/mol. The Morgan fingerprint density at radius 3 is 2.85 bits per heavy atom. The fourth-order valence-electron chi connectivity index (χ4n) is 4.06. The molecule has 12 heteroatoms. The molecule has 1 amide bonds. The first-order chi connectivity index (χ1) is 16.2. The molecular weight excluding hydrogens is 468 g/mol. The number of amides is 1. The molecule has 4 rings (SSSR count). The summed E-state index contributed by atoms with van der Waals surface area (Å²) in [6, 6.07) is 6.51. The normalized spacial score (nSPS) is 16.5. The summed E-state index contributed by atoms with van der Waals surface area (Å²) in [5.74, 6) is -1.84. The van der Waals surface area contributed by atoms with E-state index in [9.17, 15) is 22.0 Å². The number of aromatic nitrogens is 2. The lowest BCUT2D eigenvalue weighted by molar-refractivity contribution is 0.0973. The van der Waals surface area contributed by atoms with Crippen LogP contribution in [0.3, 0.4) is 0 Å². The number of hydrogen-bond donors (Lipinski definition) is 1. The number of likely N-dealkylation sites (N-methyl/N-ethyl adjacent to an activating group) is 1. The fraction of sp³-hybridized carbons (Fsp3) is 0.364. The molecule has 0 unspecified atom stereocenters. The fourth-order valence-corrected chi connectivity index (χ4v) is 4.87. The number of anilines is 1. The zero-order valence-electron chi connectivity index (χ0n) is 18.7. The van der Waals surface area contributed by atoms with Gasteiger partial charge in [-0.25, -0.2) is 18.5 Å². The molecule has 1 aliphatic heterocycles. The number of halogens is 2. The summed E-state index contributed by atoms with van der Waals surface area (Å²) in [6.07, 6.45) is 4.35. The molecule has 2 aromatic heterocycles. The minimum Gasteiger partial charge on any atom is -0.383 e. The highest BCUT2D eigenvalue weighted by molar-refractivity contribution is 7.87. The number of hydrogen-bond acceptors (Lipinski definition) is 6. The molecule has 3 aromatic rings. The minimum absolute atomic E-state index is 0.0215. The highest BCUT2D eigenvalue weighted by Gasteiger charge is 2.30. The number of rotatable bonds is 8. The minimum atomic E-state index is -4.08. The molecule has 1 N–H and O–H groups in total. The molecule has 0 spiro atoms. The summed E-state index contributed by atoms with van der Waals surface area (Å²) in [7, 11) is -1.30. The van der Waals surface area contributed by atoms with Crippen LogP contribution in [0.5, 0.6) is 0 Å². The third-order valence-electron chi connectivity index (χ3n) is 5.87. The maximum atomic E-state index is 14.5. The number of methoxy groups -OCH3 is 1. The first-order valence-electron chi connectivity index (χ1n) is 10.7. The van der Waals surface area contributed by atoms with E-state index < -0.39 is 27.8 Å². The van der Waals surface area contributed by atoms with Crippen molar-refractivity contribution in [2.45, 2.75) is 18.9 Å². The highest BCUT2D eigenvalue weighted by atomic mass is 32.2. The molecule has 1 atom stereocenters. The van der Waals surface area contributed by atoms with Crippen molar-refractivity contribution in [3.8, 4) is 0 Å². The lowest BCUT2D eigenvalue weighted by atomic mass is 10.0. The Balaban J connectivity index is 1.62. The largest absolute Gasteiger partial charge is 0.383 e. The van der Waals surface area contributed by atoms with E-state index in [-0.39, 0.29) is 30.5 Å². The molecule has 0 aliphatic carbocycles. The molecule has 9 nitrogen and oxygen atoms in total. The smallest absolute Gasteiger partial charge is 0.303 e. The number of nitrogens with zero attached hydrogens (tertiary/aromatic N) is 4. The number of carbonyl (C=O) groups is 1. The number of fused-ring (bicyclic) bond motifs is 1. The molecule has 34 heavy (non-hydrogen) atoms. The van der Waals surface area contributed by atoms with Crippen LogP contribution in [-0.4, -0.2) is 61.9 Å². The average molecular weight is 494 g/mol. The third-order valence-corrected chi connectivity index (χ3v) is 7.31. The second-order valence-corrected chi connectivity index (χ2v) is 9.80. The van der Waals surface area contributed by atoms with Crippen molar-refractivity contribution in [2.75, 3.05) is 38.8 Å². The summed E-state index contributed by atoms with van der Waals surface area (Å²) in [4.78, 5) is 18.9. The highest BCUT2D eigenvalue weighted by Crippen LogP contribution is 2.37. The standard InChI is InChI=1S/C22H25F2N5O4S/c1-27(10-11-33-2)34(31,32)26-22(30)20-13-25-21-8-6-16(14-29(20)21)28-9-3-4-19(28)17-12-15(23)5-7-18(17)24/h5-8,12-14,19H,3-4,9-11H2,1-2H3,(H,26,30)/t19-/m1/s1. The van der Waals surface area contributed by atoms with E-state index >= 15 is 0 Å². The van der Waals surface area contributed by atoms with E-state index in [2.05, 4.69) is 4.98 Å². The Morgan fingerprint density at radius 1 is 1.29 bits per heavy atom. The van der Waals surface area contributed by atoms with Gasteiger partial charge in [0.2, 0.25) is 0 Å². The van der Waals surface area contributed by atoms with Gasteiger partial charge in [-0.3, -0.25) is 9.20 Å². The Labute approximate surface area is 196 Å². The van der Waals surface area contributed by atoms with Gasteiger partial charge >= 0.3 is 10.2 Å². The van der Waals surface area contributed by atoms with Gasteiger partial charge < -0.3 is 9.64 Å². The lowest BCUT2D eigenvalue weighted by Crippen LogP contribution is -2.43. The predicted octanol–water partition coefficient (Wildman–Crippen LogP) is 2.51. The van der Waals surface area contributed by atoms with Gasteiger partial charge in [0.25, 0.3) is 5.91 Å². The molecule has 3 heterocycles. The molecule has 1 saturated heterocycles. The van der Waals surface area contributed by atoms with E-state index in [1.165, 1.54) is 30.8 Å². The van der Waals surface area contributed by atoms with Gasteiger partial charge in [0.05, 0.1) is 24.5 Å². The van der Waals surface area contributed by atoms with Gasteiger partial charge in [-0.05, 0) is 43.2 Å². The second kappa shape index (κ2) is 9.65. The van der Waals surface area contributed by atoms with Gasteiger partial charge in [0.1, 0.15) is 23.0 Å². The summed E-state index contributed by atoms with van der Waals surface area (Å²) in [5.41, 5.74) is 1.40. The molecule has 182 valence electrons. The van der Waals surface area contributed by atoms with Crippen LogP contribution in [0, 0.1) is 11.6 Å². The Kier molecular flexibility index (Phi) is 6.82. The van der Waals surface area contributed by atoms with Crippen molar-refractivity contribution in [1.82, 2.24) is 18.4 Å². The lowest BCUT2D eigenvalue weighted by Gasteiger charge is -2.27. The van der Waals surface area contributed by atoms with Crippen LogP contribution in [-0.2, 0) is 14.9 Å². The molecule has 1 aliphatic rings. The van der Waals surface area contributed by atoms with Crippen LogP contribution < -0.4 is 9.62 Å². The maximum Gasteiger partial charge on any atom is 0.303 e. The maximum absolute atomic E-state index is 14.5. The first-order valence-corrected chi connectivity index (χ1v) is 12.1. The summed E-state index contributed by atoms with van der Waals surface area (Å²) in [6.45, 7) is 0.859. The molecule has 1 fully saturated rings. The predicted molar refractivity (Wildman–Crippen MR) is 122 cm³/mol. The van der Waals surface area contributed by atoms with Crippen molar-refractivity contribution in [1.29, 1.82) is 0 Å². The second-order valence-electron chi connectivity index (χ2n) is 8.03. The van der Waals surface area contributed by atoms with Crippen molar-refractivity contribution < 1.29 is 26.7 Å². The van der Waals surface area contributed by atoms with E-state index in [4.69, 9.17) is 4.74 Å². The number of pyridine rings is 1. The van der Waals surface area contributed by atoms with E-state index in [0.29, 0.717) is 24.3 Å². The SMILES string of the molecule is COCCN(C)S(=O)(=O)NC(=O)c1cnc2ccc(N3CCC[C@@H]3c3cc(F)ccc3F)cn12. The van der Waals surface area contributed by atoms with Crippen LogP contribution in [0.25, 0.3) is 5.65 Å². The van der Waals surface area contributed by atoms with Crippen molar-refractivity contribution in [3.63, 3.8) is 0 Å². The summed E-state index contributed by atoms with van der Waals surface area (Å²) in [5, 5.41) is 0. The third kappa shape index (κ3) is 4.74. The van der Waals surface area contributed by atoms with Gasteiger partial charge in [0.15, 0.2) is 0 Å². The molecule has 0 bridgehead atoms. The van der Waals surface area contributed by atoms with Crippen LogP contribution in [0.1, 0.15) is 34.9 Å². The number of carbonyl (C=O) groups excluding carboxylic acids is 1. The van der Waals surface area contributed by atoms with Crippen LogP contribution in [0.15, 0.2) is 42.7 Å². The zero-order valence-corrected chi connectivity index (χ0v) is 19.6. The van der Waals surface area contributed by atoms with Gasteiger partial charge in [-0.1, -0.05) is 0 Å². The van der Waals surface area contributed by atoms with Crippen molar-refractivity contribution in [2.24, 2.45) is 0 Å². The van der Waals surface area contributed by atoms with Crippen LogP contribution in [0.4, 0.5) is 14.5 Å². The van der Waals surface area contributed by atoms with Gasteiger partial charge in [0, 0.05) is 39.0 Å². The average Bonchev–Trinajstić information content (AvgIpc) is 3.45. The molecule has 0 saturated carbocycles. The van der Waals surface area contributed by atoms with Crippen molar-refractivity contribution >= 4 is 27.5 Å². The van der Waals surface area contributed by atoms with Crippen LogP contribution >= 0.6 is 0 Å². The van der Waals surface area contributed by atoms with E-state index in [1.807, 2.05) is 9.62 Å². The number of nitrogens with one attached hydrogen (secondary N) is 1. The Bertz CT molecular complexity index is 1310. The van der Waals surface area contributed by atoms with E-state index in [0.717, 1.165) is 22.9 Å². The van der Waals surface area contributed by atoms with Gasteiger partial charge in [-0.15, -0.1) is 0 Å². The van der Waals surface area contributed by atoms with Gasteiger partial charge in [-0.2, -0.15) is 12.7 Å². The topological polar surface area (TPSA) is 96.2 Å².